The number of halogens is 2. The number of nitrogen functional groups attached to an aromatic ring is 1. The number of aromatic nitrogens is 4. The maximum absolute atomic E-state index is 14.3. The third-order valence-corrected chi connectivity index (χ3v) is 3.01. The average molecular weight is 266 g/mol. The molecular formula is C11H9ClFN5. The standard InChI is InChI=1S/C11H9ClFN5/c1-4-15-9(10(12)16-4)5-2-3-6-8(7(5)13)17-18-11(6)14/h2-3H,1H3,(H,15,16)(H3,14,17,18). The molecule has 5 nitrogen and oxygen atoms in total. The van der Waals surface area contributed by atoms with E-state index in [1.165, 1.54) is 0 Å². The molecule has 3 aromatic rings. The minimum atomic E-state index is -0.468. The molecule has 2 heterocycles. The molecule has 3 rings (SSSR count). The molecule has 0 amide bonds. The Kier molecular flexibility index (Phi) is 2.27. The van der Waals surface area contributed by atoms with Gasteiger partial charge in [-0.3, -0.25) is 5.10 Å². The number of imidazole rings is 1. The van der Waals surface area contributed by atoms with Crippen LogP contribution in [0.3, 0.4) is 0 Å². The van der Waals surface area contributed by atoms with Crippen molar-refractivity contribution >= 4 is 28.3 Å². The number of nitrogens with one attached hydrogen (secondary N) is 2. The Morgan fingerprint density at radius 1 is 1.39 bits per heavy atom. The summed E-state index contributed by atoms with van der Waals surface area (Å²) in [6.07, 6.45) is 0. The number of aromatic amines is 2. The van der Waals surface area contributed by atoms with Crippen molar-refractivity contribution in [3.8, 4) is 11.3 Å². The van der Waals surface area contributed by atoms with Gasteiger partial charge < -0.3 is 10.7 Å². The molecule has 7 heteroatoms. The number of anilines is 1. The van der Waals surface area contributed by atoms with Crippen LogP contribution in [-0.4, -0.2) is 20.2 Å². The highest BCUT2D eigenvalue weighted by Crippen LogP contribution is 2.32. The summed E-state index contributed by atoms with van der Waals surface area (Å²) < 4.78 is 14.3. The molecule has 0 unspecified atom stereocenters. The molecule has 0 radical (unpaired) electrons. The van der Waals surface area contributed by atoms with Gasteiger partial charge in [-0.2, -0.15) is 5.10 Å². The van der Waals surface area contributed by atoms with E-state index in [0.717, 1.165) is 0 Å². The predicted octanol–water partition coefficient (Wildman–Crippen LogP) is 2.64. The zero-order valence-corrected chi connectivity index (χ0v) is 10.1. The number of rotatable bonds is 1. The van der Waals surface area contributed by atoms with Crippen LogP contribution in [0.25, 0.3) is 22.2 Å². The number of fused-ring (bicyclic) bond motifs is 1. The van der Waals surface area contributed by atoms with Crippen LogP contribution < -0.4 is 5.73 Å². The van der Waals surface area contributed by atoms with Crippen LogP contribution in [0.4, 0.5) is 10.2 Å². The predicted molar refractivity (Wildman–Crippen MR) is 67.8 cm³/mol. The van der Waals surface area contributed by atoms with Gasteiger partial charge in [-0.05, 0) is 19.1 Å². The van der Waals surface area contributed by atoms with Crippen LogP contribution in [-0.2, 0) is 0 Å². The zero-order valence-electron chi connectivity index (χ0n) is 9.38. The fourth-order valence-corrected chi connectivity index (χ4v) is 2.18. The van der Waals surface area contributed by atoms with E-state index < -0.39 is 5.82 Å². The Morgan fingerprint density at radius 2 is 2.17 bits per heavy atom. The summed E-state index contributed by atoms with van der Waals surface area (Å²) in [5.74, 6) is 0.420. The molecule has 0 aliphatic rings. The lowest BCUT2D eigenvalue weighted by molar-refractivity contribution is 0.639. The van der Waals surface area contributed by atoms with Crippen LogP contribution in [0.2, 0.25) is 5.15 Å². The van der Waals surface area contributed by atoms with E-state index in [1.54, 1.807) is 19.1 Å². The SMILES string of the molecule is Cc1nc(-c2ccc3c(N)n[nH]c3c2F)c(Cl)[nH]1. The van der Waals surface area contributed by atoms with Crippen LogP contribution in [0.5, 0.6) is 0 Å². The highest BCUT2D eigenvalue weighted by Gasteiger charge is 2.17. The first-order valence-corrected chi connectivity index (χ1v) is 5.60. The summed E-state index contributed by atoms with van der Waals surface area (Å²) in [6, 6.07) is 3.28. The molecule has 18 heavy (non-hydrogen) atoms. The Balaban J connectivity index is 2.30. The molecule has 0 saturated carbocycles. The van der Waals surface area contributed by atoms with Crippen molar-refractivity contribution in [2.24, 2.45) is 0 Å². The van der Waals surface area contributed by atoms with E-state index in [-0.39, 0.29) is 11.3 Å². The van der Waals surface area contributed by atoms with Gasteiger partial charge in [-0.15, -0.1) is 0 Å². The molecule has 0 atom stereocenters. The van der Waals surface area contributed by atoms with E-state index in [0.29, 0.717) is 27.6 Å². The van der Waals surface area contributed by atoms with E-state index in [4.69, 9.17) is 17.3 Å². The quantitative estimate of drug-likeness (QED) is 0.632. The summed E-state index contributed by atoms with van der Waals surface area (Å²) >= 11 is 5.97. The lowest BCUT2D eigenvalue weighted by Gasteiger charge is -2.01. The molecule has 0 bridgehead atoms. The van der Waals surface area contributed by atoms with Crippen molar-refractivity contribution in [2.45, 2.75) is 6.92 Å². The highest BCUT2D eigenvalue weighted by molar-refractivity contribution is 6.32. The minimum absolute atomic E-state index is 0.252. The lowest BCUT2D eigenvalue weighted by Crippen LogP contribution is -1.88. The van der Waals surface area contributed by atoms with Crippen molar-refractivity contribution in [3.05, 3.63) is 28.9 Å². The molecule has 4 N–H and O–H groups in total. The van der Waals surface area contributed by atoms with Gasteiger partial charge in [0.25, 0.3) is 0 Å². The first kappa shape index (κ1) is 11.0. The number of H-pyrrole nitrogens is 2. The van der Waals surface area contributed by atoms with Gasteiger partial charge in [0.2, 0.25) is 0 Å². The molecule has 92 valence electrons. The number of hydrogen-bond acceptors (Lipinski definition) is 3. The van der Waals surface area contributed by atoms with Crippen molar-refractivity contribution in [3.63, 3.8) is 0 Å². The second-order valence-corrected chi connectivity index (χ2v) is 4.32. The molecule has 1 aromatic carbocycles. The first-order valence-electron chi connectivity index (χ1n) is 5.22. The minimum Gasteiger partial charge on any atom is -0.382 e. The van der Waals surface area contributed by atoms with E-state index in [9.17, 15) is 4.39 Å². The smallest absolute Gasteiger partial charge is 0.158 e. The Morgan fingerprint density at radius 3 is 2.83 bits per heavy atom. The third kappa shape index (κ3) is 1.46. The van der Waals surface area contributed by atoms with E-state index in [1.807, 2.05) is 0 Å². The highest BCUT2D eigenvalue weighted by atomic mass is 35.5. The Hall–Kier alpha value is -2.08. The normalized spacial score (nSPS) is 11.3. The van der Waals surface area contributed by atoms with Crippen LogP contribution >= 0.6 is 11.6 Å². The van der Waals surface area contributed by atoms with Crippen LogP contribution in [0.15, 0.2) is 12.1 Å². The van der Waals surface area contributed by atoms with Gasteiger partial charge in [0.1, 0.15) is 22.2 Å². The number of nitrogens with two attached hydrogens (primary N) is 1. The number of aryl methyl sites for hydroxylation is 1. The maximum Gasteiger partial charge on any atom is 0.158 e. The van der Waals surface area contributed by atoms with Crippen LogP contribution in [0.1, 0.15) is 5.82 Å². The second kappa shape index (κ2) is 3.71. The number of benzene rings is 1. The summed E-state index contributed by atoms with van der Waals surface area (Å²) in [6.45, 7) is 1.75. The largest absolute Gasteiger partial charge is 0.382 e. The molecule has 0 saturated heterocycles. The number of hydrogen-bond donors (Lipinski definition) is 3. The first-order chi connectivity index (χ1) is 8.58. The Bertz CT molecular complexity index is 745. The van der Waals surface area contributed by atoms with Crippen molar-refractivity contribution in [1.82, 2.24) is 20.2 Å². The van der Waals surface area contributed by atoms with Gasteiger partial charge in [-0.25, -0.2) is 9.37 Å². The van der Waals surface area contributed by atoms with Crippen molar-refractivity contribution in [1.29, 1.82) is 0 Å². The third-order valence-electron chi connectivity index (χ3n) is 2.74. The fraction of sp³-hybridized carbons (Fsp3) is 0.0909. The molecular weight excluding hydrogens is 257 g/mol. The zero-order chi connectivity index (χ0) is 12.9. The lowest BCUT2D eigenvalue weighted by atomic mass is 10.1. The van der Waals surface area contributed by atoms with Crippen molar-refractivity contribution < 1.29 is 4.39 Å². The van der Waals surface area contributed by atoms with Crippen LogP contribution in [0, 0.1) is 12.7 Å². The topological polar surface area (TPSA) is 83.4 Å². The average Bonchev–Trinajstić information content (AvgIpc) is 2.84. The van der Waals surface area contributed by atoms with Crippen molar-refractivity contribution in [2.75, 3.05) is 5.73 Å². The molecule has 2 aromatic heterocycles. The summed E-state index contributed by atoms with van der Waals surface area (Å²) in [5.41, 5.74) is 6.55. The van der Waals surface area contributed by atoms with E-state index in [2.05, 4.69) is 20.2 Å². The monoisotopic (exact) mass is 265 g/mol. The van der Waals surface area contributed by atoms with Gasteiger partial charge in [0.05, 0.1) is 0 Å². The maximum atomic E-state index is 14.3. The summed E-state index contributed by atoms with van der Waals surface area (Å²) in [7, 11) is 0. The van der Waals surface area contributed by atoms with Gasteiger partial charge in [-0.1, -0.05) is 11.6 Å². The summed E-state index contributed by atoms with van der Waals surface area (Å²) in [5, 5.41) is 7.18. The van der Waals surface area contributed by atoms with Gasteiger partial charge >= 0.3 is 0 Å². The summed E-state index contributed by atoms with van der Waals surface area (Å²) in [4.78, 5) is 6.99. The molecule has 0 fully saturated rings. The molecule has 0 spiro atoms. The number of nitrogens with zero attached hydrogens (tertiary/aromatic N) is 2. The Labute approximate surface area is 106 Å². The van der Waals surface area contributed by atoms with Gasteiger partial charge in [0.15, 0.2) is 11.6 Å². The van der Waals surface area contributed by atoms with Gasteiger partial charge in [0, 0.05) is 10.9 Å². The molecule has 0 aliphatic carbocycles. The second-order valence-electron chi connectivity index (χ2n) is 3.94. The van der Waals surface area contributed by atoms with E-state index >= 15 is 0 Å². The molecule has 0 aliphatic heterocycles. The fourth-order valence-electron chi connectivity index (χ4n) is 1.90.